The number of rotatable bonds is 5. The largest absolute Gasteiger partial charge is 0.486 e. The highest BCUT2D eigenvalue weighted by Gasteiger charge is 2.29. The van der Waals surface area contributed by atoms with E-state index in [0.717, 1.165) is 17.0 Å². The Bertz CT molecular complexity index is 707. The number of pyridine rings is 1. The molecule has 0 bridgehead atoms. The zero-order chi connectivity index (χ0) is 17.8. The third-order valence-electron chi connectivity index (χ3n) is 4.33. The first-order valence-corrected chi connectivity index (χ1v) is 8.41. The van der Waals surface area contributed by atoms with Crippen molar-refractivity contribution in [1.82, 2.24) is 15.5 Å². The lowest BCUT2D eigenvalue weighted by molar-refractivity contribution is -0.123. The van der Waals surface area contributed by atoms with E-state index >= 15 is 0 Å². The first-order valence-electron chi connectivity index (χ1n) is 8.41. The van der Waals surface area contributed by atoms with Crippen LogP contribution in [-0.2, 0) is 16.0 Å². The van der Waals surface area contributed by atoms with Crippen molar-refractivity contribution in [2.75, 3.05) is 13.2 Å². The minimum atomic E-state index is -0.206. The van der Waals surface area contributed by atoms with E-state index in [2.05, 4.69) is 15.5 Å². The number of hydrogen-bond acceptors (Lipinski definition) is 6. The van der Waals surface area contributed by atoms with Crippen LogP contribution in [0.1, 0.15) is 29.1 Å². The average Bonchev–Trinajstić information content (AvgIpc) is 2.90. The number of carbonyl (C=O) groups excluding carboxylic acids is 1. The maximum Gasteiger partial charge on any atom is 0.225 e. The maximum atomic E-state index is 12.4. The van der Waals surface area contributed by atoms with Crippen molar-refractivity contribution in [3.8, 4) is 5.75 Å². The van der Waals surface area contributed by atoms with Gasteiger partial charge >= 0.3 is 0 Å². The van der Waals surface area contributed by atoms with Crippen molar-refractivity contribution < 1.29 is 18.8 Å². The summed E-state index contributed by atoms with van der Waals surface area (Å²) in [5, 5.41) is 6.90. The summed E-state index contributed by atoms with van der Waals surface area (Å²) in [6.07, 6.45) is 2.50. The van der Waals surface area contributed by atoms with Crippen molar-refractivity contribution >= 4 is 5.91 Å². The van der Waals surface area contributed by atoms with Crippen LogP contribution in [0.5, 0.6) is 5.75 Å². The van der Waals surface area contributed by atoms with Crippen LogP contribution in [0, 0.1) is 20.8 Å². The number of ether oxygens (including phenoxy) is 2. The summed E-state index contributed by atoms with van der Waals surface area (Å²) in [5.74, 6) is 1.27. The monoisotopic (exact) mass is 345 g/mol. The first kappa shape index (κ1) is 17.4. The fraction of sp³-hybridized carbons (Fsp3) is 0.500. The second-order valence-corrected chi connectivity index (χ2v) is 6.31. The number of aryl methyl sites for hydroxylation is 3. The second kappa shape index (κ2) is 7.65. The van der Waals surface area contributed by atoms with Gasteiger partial charge in [-0.2, -0.15) is 0 Å². The molecule has 1 aliphatic rings. The maximum absolute atomic E-state index is 12.4. The molecule has 3 rings (SSSR count). The molecule has 3 heterocycles. The zero-order valence-corrected chi connectivity index (χ0v) is 14.7. The standard InChI is InChI=1S/C18H23N3O4/c1-11-4-5-14(9-19-11)24-17-6-7-23-10-16(17)20-18(22)8-15-12(2)21-25-13(15)3/h4-5,9,16-17H,6-8,10H2,1-3H3,(H,20,22)/t16-,17+/m1/s1. The quantitative estimate of drug-likeness (QED) is 0.890. The fourth-order valence-electron chi connectivity index (χ4n) is 2.87. The lowest BCUT2D eigenvalue weighted by atomic mass is 10.1. The van der Waals surface area contributed by atoms with Gasteiger partial charge in [0, 0.05) is 17.7 Å². The van der Waals surface area contributed by atoms with Gasteiger partial charge in [0.05, 0.1) is 37.6 Å². The van der Waals surface area contributed by atoms with Gasteiger partial charge < -0.3 is 19.3 Å². The molecule has 0 radical (unpaired) electrons. The van der Waals surface area contributed by atoms with E-state index in [4.69, 9.17) is 14.0 Å². The molecule has 1 saturated heterocycles. The fourth-order valence-corrected chi connectivity index (χ4v) is 2.87. The molecule has 1 aliphatic heterocycles. The van der Waals surface area contributed by atoms with Gasteiger partial charge in [-0.1, -0.05) is 5.16 Å². The highest BCUT2D eigenvalue weighted by molar-refractivity contribution is 5.79. The van der Waals surface area contributed by atoms with Crippen molar-refractivity contribution in [2.24, 2.45) is 0 Å². The van der Waals surface area contributed by atoms with Crippen molar-refractivity contribution in [1.29, 1.82) is 0 Å². The van der Waals surface area contributed by atoms with Gasteiger partial charge in [-0.05, 0) is 32.9 Å². The lowest BCUT2D eigenvalue weighted by Gasteiger charge is -2.32. The summed E-state index contributed by atoms with van der Waals surface area (Å²) < 4.78 is 16.6. The molecular weight excluding hydrogens is 322 g/mol. The van der Waals surface area contributed by atoms with Crippen LogP contribution < -0.4 is 10.1 Å². The number of carbonyl (C=O) groups is 1. The molecule has 7 nitrogen and oxygen atoms in total. The van der Waals surface area contributed by atoms with Gasteiger partial charge in [0.25, 0.3) is 0 Å². The summed E-state index contributed by atoms with van der Waals surface area (Å²) in [4.78, 5) is 16.7. The molecular formula is C18H23N3O4. The van der Waals surface area contributed by atoms with Crippen LogP contribution >= 0.6 is 0 Å². The second-order valence-electron chi connectivity index (χ2n) is 6.31. The molecule has 0 saturated carbocycles. The van der Waals surface area contributed by atoms with E-state index in [1.54, 1.807) is 6.20 Å². The molecule has 7 heteroatoms. The van der Waals surface area contributed by atoms with Crippen molar-refractivity contribution in [2.45, 2.75) is 45.8 Å². The highest BCUT2D eigenvalue weighted by Crippen LogP contribution is 2.18. The molecule has 134 valence electrons. The van der Waals surface area contributed by atoms with Gasteiger partial charge in [0.1, 0.15) is 17.6 Å². The van der Waals surface area contributed by atoms with Gasteiger partial charge in [-0.3, -0.25) is 9.78 Å². The van der Waals surface area contributed by atoms with E-state index < -0.39 is 0 Å². The molecule has 2 atom stereocenters. The molecule has 25 heavy (non-hydrogen) atoms. The first-order chi connectivity index (χ1) is 12.0. The minimum Gasteiger partial charge on any atom is -0.486 e. The predicted molar refractivity (Wildman–Crippen MR) is 90.4 cm³/mol. The Labute approximate surface area is 146 Å². The Morgan fingerprint density at radius 1 is 1.36 bits per heavy atom. The van der Waals surface area contributed by atoms with Gasteiger partial charge in [0.15, 0.2) is 0 Å². The molecule has 0 aromatic carbocycles. The Morgan fingerprint density at radius 2 is 2.20 bits per heavy atom. The Morgan fingerprint density at radius 3 is 2.88 bits per heavy atom. The average molecular weight is 345 g/mol. The third-order valence-corrected chi connectivity index (χ3v) is 4.33. The van der Waals surface area contributed by atoms with Crippen molar-refractivity contribution in [3.63, 3.8) is 0 Å². The van der Waals surface area contributed by atoms with E-state index in [0.29, 0.717) is 31.1 Å². The Balaban J connectivity index is 1.62. The van der Waals surface area contributed by atoms with Crippen LogP contribution in [0.3, 0.4) is 0 Å². The Hall–Kier alpha value is -2.41. The predicted octanol–water partition coefficient (Wildman–Crippen LogP) is 1.89. The normalized spacial score (nSPS) is 20.3. The number of nitrogens with zero attached hydrogens (tertiary/aromatic N) is 2. The molecule has 1 N–H and O–H groups in total. The molecule has 2 aromatic heterocycles. The highest BCUT2D eigenvalue weighted by atomic mass is 16.5. The number of amides is 1. The molecule has 2 aromatic rings. The zero-order valence-electron chi connectivity index (χ0n) is 14.7. The van der Waals surface area contributed by atoms with Crippen LogP contribution in [0.15, 0.2) is 22.9 Å². The molecule has 0 aliphatic carbocycles. The Kier molecular flexibility index (Phi) is 5.33. The van der Waals surface area contributed by atoms with Crippen LogP contribution in [0.25, 0.3) is 0 Å². The number of hydrogen-bond donors (Lipinski definition) is 1. The molecule has 1 fully saturated rings. The van der Waals surface area contributed by atoms with E-state index in [9.17, 15) is 4.79 Å². The number of nitrogens with one attached hydrogen (secondary N) is 1. The summed E-state index contributed by atoms with van der Waals surface area (Å²) in [5.41, 5.74) is 2.50. The van der Waals surface area contributed by atoms with Gasteiger partial charge in [-0.25, -0.2) is 0 Å². The summed E-state index contributed by atoms with van der Waals surface area (Å²) in [6.45, 7) is 6.61. The summed E-state index contributed by atoms with van der Waals surface area (Å²) in [6, 6.07) is 3.59. The molecule has 1 amide bonds. The summed E-state index contributed by atoms with van der Waals surface area (Å²) in [7, 11) is 0. The summed E-state index contributed by atoms with van der Waals surface area (Å²) >= 11 is 0. The van der Waals surface area contributed by atoms with Crippen LogP contribution in [0.2, 0.25) is 0 Å². The topological polar surface area (TPSA) is 86.5 Å². The van der Waals surface area contributed by atoms with Crippen molar-refractivity contribution in [3.05, 3.63) is 41.0 Å². The van der Waals surface area contributed by atoms with E-state index in [1.807, 2.05) is 32.9 Å². The van der Waals surface area contributed by atoms with Crippen LogP contribution in [-0.4, -0.2) is 41.4 Å². The van der Waals surface area contributed by atoms with E-state index in [1.165, 1.54) is 0 Å². The minimum absolute atomic E-state index is 0.0967. The van der Waals surface area contributed by atoms with Gasteiger partial charge in [0.2, 0.25) is 5.91 Å². The number of aromatic nitrogens is 2. The molecule has 0 unspecified atom stereocenters. The van der Waals surface area contributed by atoms with E-state index in [-0.39, 0.29) is 24.5 Å². The smallest absolute Gasteiger partial charge is 0.225 e. The third kappa shape index (κ3) is 4.36. The molecule has 0 spiro atoms. The van der Waals surface area contributed by atoms with Gasteiger partial charge in [-0.15, -0.1) is 0 Å². The SMILES string of the molecule is Cc1ccc(O[C@H]2CCOC[C@H]2NC(=O)Cc2c(C)noc2C)cn1. The lowest BCUT2D eigenvalue weighted by Crippen LogP contribution is -2.52. The van der Waals surface area contributed by atoms with Crippen LogP contribution in [0.4, 0.5) is 0 Å².